The smallest absolute Gasteiger partial charge is 0.256 e. The summed E-state index contributed by atoms with van der Waals surface area (Å²) < 4.78 is 5.23. The van der Waals surface area contributed by atoms with Gasteiger partial charge in [-0.05, 0) is 18.2 Å². The van der Waals surface area contributed by atoms with Gasteiger partial charge in [-0.2, -0.15) is 0 Å². The molecular formula is C12H17N3O3. The minimum Gasteiger partial charge on any atom is -0.399 e. The Hall–Kier alpha value is -1.79. The zero-order valence-electron chi connectivity index (χ0n) is 10.0. The normalized spacial score (nSPS) is 19.8. The number of carbonyl (C=O) groups excluding carboxylic acids is 1. The van der Waals surface area contributed by atoms with Gasteiger partial charge in [0.25, 0.3) is 5.91 Å². The van der Waals surface area contributed by atoms with Crippen molar-refractivity contribution in [2.75, 3.05) is 37.8 Å². The monoisotopic (exact) mass is 251 g/mol. The molecular weight excluding hydrogens is 234 g/mol. The number of aliphatic hydroxyl groups is 1. The summed E-state index contributed by atoms with van der Waals surface area (Å²) in [5.41, 5.74) is 12.7. The van der Waals surface area contributed by atoms with Crippen LogP contribution >= 0.6 is 0 Å². The molecule has 5 N–H and O–H groups in total. The number of hydrogen-bond donors (Lipinski definition) is 3. The maximum Gasteiger partial charge on any atom is 0.256 e. The van der Waals surface area contributed by atoms with E-state index in [1.807, 2.05) is 0 Å². The van der Waals surface area contributed by atoms with E-state index in [4.69, 9.17) is 16.2 Å². The first-order valence-electron chi connectivity index (χ1n) is 5.78. The number of nitrogens with two attached hydrogens (primary N) is 2. The molecule has 0 aromatic heterocycles. The van der Waals surface area contributed by atoms with Crippen LogP contribution in [0.2, 0.25) is 0 Å². The van der Waals surface area contributed by atoms with Gasteiger partial charge in [0, 0.05) is 17.9 Å². The molecule has 1 amide bonds. The summed E-state index contributed by atoms with van der Waals surface area (Å²) in [6.45, 7) is 1.14. The van der Waals surface area contributed by atoms with Gasteiger partial charge in [0.2, 0.25) is 0 Å². The molecule has 0 aliphatic carbocycles. The van der Waals surface area contributed by atoms with Gasteiger partial charge in [0.15, 0.2) is 0 Å². The summed E-state index contributed by atoms with van der Waals surface area (Å²) in [5, 5.41) is 9.25. The molecule has 98 valence electrons. The maximum atomic E-state index is 12.3. The van der Waals surface area contributed by atoms with Gasteiger partial charge in [-0.15, -0.1) is 0 Å². The van der Waals surface area contributed by atoms with E-state index < -0.39 is 0 Å². The van der Waals surface area contributed by atoms with Gasteiger partial charge in [-0.25, -0.2) is 0 Å². The molecule has 2 rings (SSSR count). The van der Waals surface area contributed by atoms with Crippen LogP contribution in [0.5, 0.6) is 0 Å². The second-order valence-electron chi connectivity index (χ2n) is 4.26. The van der Waals surface area contributed by atoms with Gasteiger partial charge < -0.3 is 26.2 Å². The van der Waals surface area contributed by atoms with Crippen molar-refractivity contribution in [1.29, 1.82) is 0 Å². The molecule has 1 aliphatic heterocycles. The fourth-order valence-corrected chi connectivity index (χ4v) is 2.00. The second-order valence-corrected chi connectivity index (χ2v) is 4.26. The molecule has 0 bridgehead atoms. The van der Waals surface area contributed by atoms with Crippen LogP contribution in [0.3, 0.4) is 0 Å². The van der Waals surface area contributed by atoms with Crippen molar-refractivity contribution >= 4 is 17.3 Å². The Morgan fingerprint density at radius 2 is 2.28 bits per heavy atom. The number of anilines is 2. The van der Waals surface area contributed by atoms with E-state index in [0.29, 0.717) is 36.7 Å². The van der Waals surface area contributed by atoms with Crippen LogP contribution in [-0.4, -0.2) is 48.3 Å². The van der Waals surface area contributed by atoms with E-state index in [0.717, 1.165) is 0 Å². The molecule has 1 aromatic carbocycles. The van der Waals surface area contributed by atoms with Crippen LogP contribution in [0, 0.1) is 0 Å². The van der Waals surface area contributed by atoms with Crippen LogP contribution in [0.15, 0.2) is 18.2 Å². The van der Waals surface area contributed by atoms with Gasteiger partial charge in [0.1, 0.15) is 0 Å². The quantitative estimate of drug-likeness (QED) is 0.625. The Morgan fingerprint density at radius 1 is 1.50 bits per heavy atom. The Labute approximate surface area is 105 Å². The Balaban J connectivity index is 2.24. The lowest BCUT2D eigenvalue weighted by Crippen LogP contribution is -2.50. The van der Waals surface area contributed by atoms with Crippen LogP contribution in [0.25, 0.3) is 0 Å². The number of rotatable bonds is 2. The summed E-state index contributed by atoms with van der Waals surface area (Å²) >= 11 is 0. The number of aliphatic hydroxyl groups excluding tert-OH is 1. The molecule has 0 saturated carbocycles. The van der Waals surface area contributed by atoms with Crippen LogP contribution in [0.4, 0.5) is 11.4 Å². The Kier molecular flexibility index (Phi) is 3.69. The molecule has 1 fully saturated rings. The molecule has 1 heterocycles. The SMILES string of the molecule is Nc1ccc(C(=O)N2CCOCC2CO)c(N)c1. The highest BCUT2D eigenvalue weighted by molar-refractivity contribution is 5.99. The molecule has 6 nitrogen and oxygen atoms in total. The van der Waals surface area contributed by atoms with E-state index in [1.165, 1.54) is 0 Å². The number of benzene rings is 1. The van der Waals surface area contributed by atoms with Crippen molar-refractivity contribution in [2.45, 2.75) is 6.04 Å². The van der Waals surface area contributed by atoms with Crippen LogP contribution < -0.4 is 11.5 Å². The number of nitrogen functional groups attached to an aromatic ring is 2. The van der Waals surface area contributed by atoms with Gasteiger partial charge in [-0.1, -0.05) is 0 Å². The van der Waals surface area contributed by atoms with Crippen molar-refractivity contribution in [2.24, 2.45) is 0 Å². The minimum absolute atomic E-state index is 0.124. The van der Waals surface area contributed by atoms with Gasteiger partial charge in [-0.3, -0.25) is 4.79 Å². The van der Waals surface area contributed by atoms with E-state index in [2.05, 4.69) is 0 Å². The number of carbonyl (C=O) groups is 1. The second kappa shape index (κ2) is 5.24. The van der Waals surface area contributed by atoms with Crippen LogP contribution in [-0.2, 0) is 4.74 Å². The molecule has 0 radical (unpaired) electrons. The predicted molar refractivity (Wildman–Crippen MR) is 68.0 cm³/mol. The highest BCUT2D eigenvalue weighted by Gasteiger charge is 2.28. The van der Waals surface area contributed by atoms with Crippen LogP contribution in [0.1, 0.15) is 10.4 Å². The van der Waals surface area contributed by atoms with E-state index >= 15 is 0 Å². The third-order valence-electron chi connectivity index (χ3n) is 3.01. The van der Waals surface area contributed by atoms with E-state index in [-0.39, 0.29) is 18.6 Å². The highest BCUT2D eigenvalue weighted by atomic mass is 16.5. The average Bonchev–Trinajstić information content (AvgIpc) is 2.38. The predicted octanol–water partition coefficient (Wildman–Crippen LogP) is -0.316. The van der Waals surface area contributed by atoms with Crippen molar-refractivity contribution in [3.8, 4) is 0 Å². The molecule has 1 aromatic rings. The molecule has 1 saturated heterocycles. The number of ether oxygens (including phenoxy) is 1. The fraction of sp³-hybridized carbons (Fsp3) is 0.417. The number of nitrogens with zero attached hydrogens (tertiary/aromatic N) is 1. The van der Waals surface area contributed by atoms with E-state index in [9.17, 15) is 9.90 Å². The van der Waals surface area contributed by atoms with Crippen molar-refractivity contribution in [3.63, 3.8) is 0 Å². The minimum atomic E-state index is -0.316. The topological polar surface area (TPSA) is 102 Å². The fourth-order valence-electron chi connectivity index (χ4n) is 2.00. The zero-order valence-corrected chi connectivity index (χ0v) is 10.0. The lowest BCUT2D eigenvalue weighted by Gasteiger charge is -2.34. The summed E-state index contributed by atoms with van der Waals surface area (Å²) in [6, 6.07) is 4.49. The van der Waals surface area contributed by atoms with Gasteiger partial charge in [0.05, 0.1) is 31.4 Å². The molecule has 1 atom stereocenters. The molecule has 1 aliphatic rings. The Bertz CT molecular complexity index is 450. The lowest BCUT2D eigenvalue weighted by atomic mass is 10.1. The molecule has 6 heteroatoms. The Morgan fingerprint density at radius 3 is 2.94 bits per heavy atom. The molecule has 18 heavy (non-hydrogen) atoms. The first-order chi connectivity index (χ1) is 8.63. The zero-order chi connectivity index (χ0) is 13.1. The first kappa shape index (κ1) is 12.7. The van der Waals surface area contributed by atoms with Crippen molar-refractivity contribution in [1.82, 2.24) is 4.90 Å². The maximum absolute atomic E-state index is 12.3. The van der Waals surface area contributed by atoms with Crippen molar-refractivity contribution in [3.05, 3.63) is 23.8 Å². The third-order valence-corrected chi connectivity index (χ3v) is 3.01. The highest BCUT2D eigenvalue weighted by Crippen LogP contribution is 2.20. The van der Waals surface area contributed by atoms with Crippen molar-refractivity contribution < 1.29 is 14.6 Å². The molecule has 0 spiro atoms. The average molecular weight is 251 g/mol. The standard InChI is InChI=1S/C12H17N3O3/c13-8-1-2-10(11(14)5-8)12(17)15-3-4-18-7-9(15)6-16/h1-2,5,9,16H,3-4,6-7,13-14H2. The summed E-state index contributed by atoms with van der Waals surface area (Å²) in [4.78, 5) is 13.9. The number of amides is 1. The van der Waals surface area contributed by atoms with E-state index in [1.54, 1.807) is 23.1 Å². The summed E-state index contributed by atoms with van der Waals surface area (Å²) in [7, 11) is 0. The number of hydrogen-bond acceptors (Lipinski definition) is 5. The summed E-state index contributed by atoms with van der Waals surface area (Å²) in [6.07, 6.45) is 0. The largest absolute Gasteiger partial charge is 0.399 e. The molecule has 1 unspecified atom stereocenters. The lowest BCUT2D eigenvalue weighted by molar-refractivity contribution is -0.0183. The van der Waals surface area contributed by atoms with Gasteiger partial charge >= 0.3 is 0 Å². The first-order valence-corrected chi connectivity index (χ1v) is 5.78. The third kappa shape index (κ3) is 2.39. The number of morpholine rings is 1. The summed E-state index contributed by atoms with van der Waals surface area (Å²) in [5.74, 6) is -0.199.